The van der Waals surface area contributed by atoms with Crippen molar-refractivity contribution >= 4 is 9.84 Å². The minimum atomic E-state index is -2.94. The molecule has 5 heteroatoms. The van der Waals surface area contributed by atoms with Crippen molar-refractivity contribution in [2.45, 2.75) is 45.8 Å². The molecule has 2 atom stereocenters. The maximum Gasteiger partial charge on any atom is 0.151 e. The van der Waals surface area contributed by atoms with Crippen molar-refractivity contribution < 1.29 is 13.5 Å². The van der Waals surface area contributed by atoms with Gasteiger partial charge in [-0.3, -0.25) is 0 Å². The minimum Gasteiger partial charge on any atom is -0.389 e. The van der Waals surface area contributed by atoms with Crippen LogP contribution < -0.4 is 5.32 Å². The summed E-state index contributed by atoms with van der Waals surface area (Å²) in [4.78, 5) is 0. The van der Waals surface area contributed by atoms with Gasteiger partial charge in [0.15, 0.2) is 9.84 Å². The Morgan fingerprint density at radius 1 is 1.40 bits per heavy atom. The molecule has 0 saturated carbocycles. The lowest BCUT2D eigenvalue weighted by atomic mass is 10.0. The second kappa shape index (κ2) is 5.82. The van der Waals surface area contributed by atoms with Gasteiger partial charge in [-0.15, -0.1) is 0 Å². The first kappa shape index (κ1) is 14.9. The van der Waals surface area contributed by atoms with E-state index in [4.69, 9.17) is 0 Å². The summed E-state index contributed by atoms with van der Waals surface area (Å²) in [5.41, 5.74) is -0.760. The van der Waals surface area contributed by atoms with E-state index in [1.807, 2.05) is 13.8 Å². The van der Waals surface area contributed by atoms with E-state index in [9.17, 15) is 13.5 Å². The van der Waals surface area contributed by atoms with E-state index in [0.717, 1.165) is 0 Å². The summed E-state index contributed by atoms with van der Waals surface area (Å²) in [6.07, 6.45) is 0.646. The molecule has 2 unspecified atom stereocenters. The van der Waals surface area contributed by atoms with Crippen molar-refractivity contribution in [1.29, 1.82) is 0 Å². The summed E-state index contributed by atoms with van der Waals surface area (Å²) in [6, 6.07) is -0.118. The van der Waals surface area contributed by atoms with Crippen LogP contribution in [0.1, 0.15) is 34.1 Å². The second-order valence-electron chi connectivity index (χ2n) is 4.33. The van der Waals surface area contributed by atoms with E-state index in [2.05, 4.69) is 5.32 Å². The fourth-order valence-electron chi connectivity index (χ4n) is 1.08. The van der Waals surface area contributed by atoms with Crippen LogP contribution >= 0.6 is 0 Å². The zero-order chi connectivity index (χ0) is 12.1. The lowest BCUT2D eigenvalue weighted by Crippen LogP contribution is -2.43. The molecule has 0 radical (unpaired) electrons. The maximum absolute atomic E-state index is 11.3. The van der Waals surface area contributed by atoms with E-state index in [1.54, 1.807) is 13.8 Å². The van der Waals surface area contributed by atoms with Gasteiger partial charge in [0.1, 0.15) is 0 Å². The van der Waals surface area contributed by atoms with Crippen molar-refractivity contribution in [3.05, 3.63) is 0 Å². The molecular weight excluding hydrogens is 214 g/mol. The molecule has 0 aromatic carbocycles. The topological polar surface area (TPSA) is 66.4 Å². The van der Waals surface area contributed by atoms with Crippen LogP contribution in [0, 0.1) is 0 Å². The van der Waals surface area contributed by atoms with E-state index in [1.165, 1.54) is 0 Å². The third-order valence-corrected chi connectivity index (χ3v) is 4.42. The molecule has 0 aromatic rings. The Balaban J connectivity index is 4.01. The van der Waals surface area contributed by atoms with Crippen LogP contribution in [0.2, 0.25) is 0 Å². The predicted octanol–water partition coefficient (Wildman–Crippen LogP) is 0.560. The van der Waals surface area contributed by atoms with E-state index < -0.39 is 15.4 Å². The van der Waals surface area contributed by atoms with Gasteiger partial charge in [-0.1, -0.05) is 13.8 Å². The fraction of sp³-hybridized carbons (Fsp3) is 1.00. The van der Waals surface area contributed by atoms with Crippen LogP contribution in [-0.2, 0) is 9.84 Å². The molecule has 92 valence electrons. The Kier molecular flexibility index (Phi) is 5.77. The number of nitrogens with one attached hydrogen (secondary N) is 1. The molecule has 0 aliphatic carbocycles. The molecule has 2 N–H and O–H groups in total. The Morgan fingerprint density at radius 3 is 2.33 bits per heavy atom. The number of hydrogen-bond donors (Lipinski definition) is 2. The zero-order valence-electron chi connectivity index (χ0n) is 10.1. The van der Waals surface area contributed by atoms with Gasteiger partial charge in [0.25, 0.3) is 0 Å². The standard InChI is InChI=1S/C10H23NO3S/c1-5-10(4,12)8-11-9(3)7-15(13,14)6-2/h9,11-12H,5-8H2,1-4H3. The quantitative estimate of drug-likeness (QED) is 0.679. The van der Waals surface area contributed by atoms with Gasteiger partial charge in [0.05, 0.1) is 11.4 Å². The predicted molar refractivity (Wildman–Crippen MR) is 62.7 cm³/mol. The summed E-state index contributed by atoms with van der Waals surface area (Å²) in [6.45, 7) is 7.52. The lowest BCUT2D eigenvalue weighted by molar-refractivity contribution is 0.0540. The average molecular weight is 237 g/mol. The highest BCUT2D eigenvalue weighted by molar-refractivity contribution is 7.91. The van der Waals surface area contributed by atoms with Gasteiger partial charge in [-0.05, 0) is 20.3 Å². The van der Waals surface area contributed by atoms with Gasteiger partial charge in [0.2, 0.25) is 0 Å². The highest BCUT2D eigenvalue weighted by Crippen LogP contribution is 2.06. The molecule has 0 saturated heterocycles. The normalized spacial score (nSPS) is 18.5. The molecule has 0 heterocycles. The van der Waals surface area contributed by atoms with E-state index in [0.29, 0.717) is 13.0 Å². The van der Waals surface area contributed by atoms with Crippen molar-refractivity contribution in [1.82, 2.24) is 5.32 Å². The number of rotatable bonds is 7. The second-order valence-corrected chi connectivity index (χ2v) is 6.73. The maximum atomic E-state index is 11.3. The molecule has 4 nitrogen and oxygen atoms in total. The molecule has 0 amide bonds. The highest BCUT2D eigenvalue weighted by Gasteiger charge is 2.20. The van der Waals surface area contributed by atoms with Crippen molar-refractivity contribution in [2.75, 3.05) is 18.1 Å². The van der Waals surface area contributed by atoms with Crippen LogP contribution in [0.25, 0.3) is 0 Å². The average Bonchev–Trinajstić information content (AvgIpc) is 2.15. The number of aliphatic hydroxyl groups is 1. The molecule has 0 spiro atoms. The largest absolute Gasteiger partial charge is 0.389 e. The monoisotopic (exact) mass is 237 g/mol. The Morgan fingerprint density at radius 2 is 1.93 bits per heavy atom. The first-order valence-electron chi connectivity index (χ1n) is 5.38. The Labute approximate surface area is 93.0 Å². The van der Waals surface area contributed by atoms with Gasteiger partial charge in [-0.25, -0.2) is 8.42 Å². The van der Waals surface area contributed by atoms with Crippen LogP contribution in [0.15, 0.2) is 0 Å². The van der Waals surface area contributed by atoms with Gasteiger partial charge in [0, 0.05) is 18.3 Å². The molecule has 0 aromatic heterocycles. The lowest BCUT2D eigenvalue weighted by Gasteiger charge is -2.24. The van der Waals surface area contributed by atoms with Crippen LogP contribution in [-0.4, -0.2) is 43.2 Å². The summed E-state index contributed by atoms with van der Waals surface area (Å²) >= 11 is 0. The van der Waals surface area contributed by atoms with Gasteiger partial charge < -0.3 is 10.4 Å². The SMILES string of the molecule is CCC(C)(O)CNC(C)CS(=O)(=O)CC. The summed E-state index contributed by atoms with van der Waals surface area (Å²) in [5, 5.41) is 12.8. The molecular formula is C10H23NO3S. The highest BCUT2D eigenvalue weighted by atomic mass is 32.2. The number of sulfone groups is 1. The van der Waals surface area contributed by atoms with Crippen molar-refractivity contribution in [2.24, 2.45) is 0 Å². The molecule has 0 rings (SSSR count). The smallest absolute Gasteiger partial charge is 0.151 e. The van der Waals surface area contributed by atoms with E-state index >= 15 is 0 Å². The van der Waals surface area contributed by atoms with Crippen LogP contribution in [0.4, 0.5) is 0 Å². The Bertz CT molecular complexity index is 272. The first-order chi connectivity index (χ1) is 6.72. The van der Waals surface area contributed by atoms with Crippen molar-refractivity contribution in [3.63, 3.8) is 0 Å². The van der Waals surface area contributed by atoms with Crippen LogP contribution in [0.5, 0.6) is 0 Å². The molecule has 0 fully saturated rings. The first-order valence-corrected chi connectivity index (χ1v) is 7.20. The minimum absolute atomic E-state index is 0.118. The fourth-order valence-corrected chi connectivity index (χ4v) is 2.19. The third-order valence-electron chi connectivity index (χ3n) is 2.54. The molecule has 0 aliphatic heterocycles. The summed E-state index contributed by atoms with van der Waals surface area (Å²) in [7, 11) is -2.94. The van der Waals surface area contributed by atoms with Gasteiger partial charge >= 0.3 is 0 Å². The van der Waals surface area contributed by atoms with Crippen LogP contribution in [0.3, 0.4) is 0 Å². The third kappa shape index (κ3) is 6.87. The van der Waals surface area contributed by atoms with E-state index in [-0.39, 0.29) is 17.5 Å². The Hall–Kier alpha value is -0.130. The molecule has 0 bridgehead atoms. The van der Waals surface area contributed by atoms with Crippen molar-refractivity contribution in [3.8, 4) is 0 Å². The molecule has 15 heavy (non-hydrogen) atoms. The number of hydrogen-bond acceptors (Lipinski definition) is 4. The zero-order valence-corrected chi connectivity index (χ0v) is 10.9. The molecule has 0 aliphatic rings. The summed E-state index contributed by atoms with van der Waals surface area (Å²) in [5.74, 6) is 0.298. The summed E-state index contributed by atoms with van der Waals surface area (Å²) < 4.78 is 22.6. The van der Waals surface area contributed by atoms with Gasteiger partial charge in [-0.2, -0.15) is 0 Å².